The maximum atomic E-state index is 12.2. The number of aryl methyl sites for hydroxylation is 1. The Kier molecular flexibility index (Phi) is 3.19. The number of carbonyl (C=O) groups excluding carboxylic acids is 1. The van der Waals surface area contributed by atoms with Gasteiger partial charge in [0.25, 0.3) is 5.91 Å². The van der Waals surface area contributed by atoms with Crippen LogP contribution in [0.3, 0.4) is 0 Å². The number of amides is 1. The van der Waals surface area contributed by atoms with Gasteiger partial charge in [0.1, 0.15) is 5.69 Å². The molecule has 1 fully saturated rings. The second kappa shape index (κ2) is 4.49. The molecule has 0 aromatic carbocycles. The second-order valence-corrected chi connectivity index (χ2v) is 5.12. The Hall–Kier alpha value is -1.36. The number of hydrogen-bond donors (Lipinski definition) is 2. The van der Waals surface area contributed by atoms with Crippen LogP contribution < -0.4 is 5.73 Å². The van der Waals surface area contributed by atoms with Crippen molar-refractivity contribution in [2.45, 2.75) is 26.7 Å². The van der Waals surface area contributed by atoms with Crippen molar-refractivity contribution in [2.75, 3.05) is 19.6 Å². The number of aromatic nitrogens is 2. The molecular weight excluding hydrogens is 216 g/mol. The first-order valence-corrected chi connectivity index (χ1v) is 6.11. The predicted octanol–water partition coefficient (Wildman–Crippen LogP) is 0.783. The molecule has 3 N–H and O–H groups in total. The molecule has 0 bridgehead atoms. The van der Waals surface area contributed by atoms with Crippen LogP contribution in [0, 0.1) is 5.41 Å². The number of aromatic amines is 1. The lowest BCUT2D eigenvalue weighted by Gasteiger charge is -2.21. The molecule has 1 saturated heterocycles. The Balaban J connectivity index is 2.06. The number of H-pyrrole nitrogens is 1. The number of hydrogen-bond acceptors (Lipinski definition) is 3. The molecule has 1 unspecified atom stereocenters. The first-order valence-electron chi connectivity index (χ1n) is 6.11. The molecule has 2 heterocycles. The van der Waals surface area contributed by atoms with Crippen LogP contribution in [0.4, 0.5) is 0 Å². The van der Waals surface area contributed by atoms with Crippen molar-refractivity contribution in [1.29, 1.82) is 0 Å². The van der Waals surface area contributed by atoms with Gasteiger partial charge in [-0.1, -0.05) is 13.8 Å². The number of rotatable bonds is 3. The molecule has 94 valence electrons. The van der Waals surface area contributed by atoms with Crippen molar-refractivity contribution in [1.82, 2.24) is 15.1 Å². The van der Waals surface area contributed by atoms with E-state index >= 15 is 0 Å². The molecule has 5 nitrogen and oxygen atoms in total. The Bertz CT molecular complexity index is 414. The predicted molar refractivity (Wildman–Crippen MR) is 65.6 cm³/mol. The summed E-state index contributed by atoms with van der Waals surface area (Å²) in [5.74, 6) is 0.0122. The van der Waals surface area contributed by atoms with Crippen LogP contribution in [0.15, 0.2) is 6.07 Å². The van der Waals surface area contributed by atoms with E-state index < -0.39 is 0 Å². The molecule has 0 saturated carbocycles. The Labute approximate surface area is 101 Å². The van der Waals surface area contributed by atoms with Crippen LogP contribution in [-0.2, 0) is 6.42 Å². The van der Waals surface area contributed by atoms with Crippen molar-refractivity contribution >= 4 is 5.91 Å². The van der Waals surface area contributed by atoms with Crippen molar-refractivity contribution in [3.05, 3.63) is 17.5 Å². The van der Waals surface area contributed by atoms with Gasteiger partial charge in [0, 0.05) is 18.8 Å². The summed E-state index contributed by atoms with van der Waals surface area (Å²) in [6, 6.07) is 1.83. The van der Waals surface area contributed by atoms with Gasteiger partial charge in [-0.05, 0) is 30.9 Å². The largest absolute Gasteiger partial charge is 0.337 e. The minimum absolute atomic E-state index is 0.0122. The third-order valence-electron chi connectivity index (χ3n) is 3.57. The van der Waals surface area contributed by atoms with Gasteiger partial charge in [-0.15, -0.1) is 0 Å². The van der Waals surface area contributed by atoms with Crippen LogP contribution in [0.2, 0.25) is 0 Å². The normalized spacial score (nSPS) is 24.3. The third-order valence-corrected chi connectivity index (χ3v) is 3.57. The van der Waals surface area contributed by atoms with Gasteiger partial charge in [0.2, 0.25) is 0 Å². The Morgan fingerprint density at radius 2 is 2.47 bits per heavy atom. The molecule has 0 aliphatic carbocycles. The van der Waals surface area contributed by atoms with E-state index in [-0.39, 0.29) is 11.3 Å². The van der Waals surface area contributed by atoms with E-state index in [1.807, 2.05) is 17.9 Å². The van der Waals surface area contributed by atoms with Gasteiger partial charge in [0.15, 0.2) is 0 Å². The van der Waals surface area contributed by atoms with Crippen LogP contribution in [0.5, 0.6) is 0 Å². The molecule has 1 aliphatic rings. The number of likely N-dealkylation sites (tertiary alicyclic amines) is 1. The summed E-state index contributed by atoms with van der Waals surface area (Å²) in [5, 5.41) is 6.93. The molecule has 2 rings (SSSR count). The number of nitrogens with one attached hydrogen (secondary N) is 1. The molecule has 1 aromatic heterocycles. The highest BCUT2D eigenvalue weighted by Crippen LogP contribution is 2.29. The Morgan fingerprint density at radius 3 is 3.00 bits per heavy atom. The summed E-state index contributed by atoms with van der Waals surface area (Å²) in [7, 11) is 0. The van der Waals surface area contributed by atoms with Gasteiger partial charge in [-0.3, -0.25) is 9.89 Å². The third kappa shape index (κ3) is 2.34. The quantitative estimate of drug-likeness (QED) is 0.814. The van der Waals surface area contributed by atoms with E-state index in [1.54, 1.807) is 0 Å². The molecule has 1 amide bonds. The zero-order valence-electron chi connectivity index (χ0n) is 10.5. The SMILES string of the molecule is CCc1cc(C(=O)N2CCC(C)(CN)C2)n[nH]1. The fourth-order valence-electron chi connectivity index (χ4n) is 2.18. The average molecular weight is 236 g/mol. The highest BCUT2D eigenvalue weighted by Gasteiger charge is 2.35. The molecule has 1 aliphatic heterocycles. The summed E-state index contributed by atoms with van der Waals surface area (Å²) >= 11 is 0. The zero-order chi connectivity index (χ0) is 12.5. The standard InChI is InChI=1S/C12H20N4O/c1-3-9-6-10(15-14-9)11(17)16-5-4-12(2,7-13)8-16/h6H,3-5,7-8,13H2,1-2H3,(H,14,15). The number of nitrogens with zero attached hydrogens (tertiary/aromatic N) is 2. The highest BCUT2D eigenvalue weighted by atomic mass is 16.2. The minimum atomic E-state index is 0.0122. The monoisotopic (exact) mass is 236 g/mol. The van der Waals surface area contributed by atoms with E-state index in [9.17, 15) is 4.79 Å². The fraction of sp³-hybridized carbons (Fsp3) is 0.667. The smallest absolute Gasteiger partial charge is 0.274 e. The van der Waals surface area contributed by atoms with Gasteiger partial charge >= 0.3 is 0 Å². The fourth-order valence-corrected chi connectivity index (χ4v) is 2.18. The van der Waals surface area contributed by atoms with Crippen LogP contribution in [0.1, 0.15) is 36.5 Å². The summed E-state index contributed by atoms with van der Waals surface area (Å²) in [6.45, 7) is 6.29. The summed E-state index contributed by atoms with van der Waals surface area (Å²) in [5.41, 5.74) is 7.32. The number of carbonyl (C=O) groups is 1. The maximum Gasteiger partial charge on any atom is 0.274 e. The second-order valence-electron chi connectivity index (χ2n) is 5.12. The van der Waals surface area contributed by atoms with E-state index in [0.29, 0.717) is 12.2 Å². The van der Waals surface area contributed by atoms with Gasteiger partial charge in [-0.2, -0.15) is 5.10 Å². The number of nitrogens with two attached hydrogens (primary N) is 1. The van der Waals surface area contributed by atoms with Gasteiger partial charge in [-0.25, -0.2) is 0 Å². The van der Waals surface area contributed by atoms with Crippen LogP contribution >= 0.6 is 0 Å². The van der Waals surface area contributed by atoms with Crippen molar-refractivity contribution in [2.24, 2.45) is 11.1 Å². The molecule has 1 atom stereocenters. The molecular formula is C12H20N4O. The zero-order valence-corrected chi connectivity index (χ0v) is 10.5. The first-order chi connectivity index (χ1) is 8.08. The van der Waals surface area contributed by atoms with Crippen molar-refractivity contribution in [3.63, 3.8) is 0 Å². The van der Waals surface area contributed by atoms with Crippen LogP contribution in [-0.4, -0.2) is 40.6 Å². The maximum absolute atomic E-state index is 12.2. The van der Waals surface area contributed by atoms with Gasteiger partial charge in [0.05, 0.1) is 0 Å². The van der Waals surface area contributed by atoms with E-state index in [4.69, 9.17) is 5.73 Å². The van der Waals surface area contributed by atoms with E-state index in [0.717, 1.165) is 31.6 Å². The molecule has 17 heavy (non-hydrogen) atoms. The van der Waals surface area contributed by atoms with E-state index in [1.165, 1.54) is 0 Å². The molecule has 5 heteroatoms. The molecule has 0 radical (unpaired) electrons. The minimum Gasteiger partial charge on any atom is -0.337 e. The first kappa shape index (κ1) is 12.1. The van der Waals surface area contributed by atoms with Gasteiger partial charge < -0.3 is 10.6 Å². The van der Waals surface area contributed by atoms with Crippen molar-refractivity contribution in [3.8, 4) is 0 Å². The van der Waals surface area contributed by atoms with E-state index in [2.05, 4.69) is 17.1 Å². The Morgan fingerprint density at radius 1 is 1.71 bits per heavy atom. The topological polar surface area (TPSA) is 75.0 Å². The summed E-state index contributed by atoms with van der Waals surface area (Å²) < 4.78 is 0. The molecule has 1 aromatic rings. The summed E-state index contributed by atoms with van der Waals surface area (Å²) in [6.07, 6.45) is 1.83. The lowest BCUT2D eigenvalue weighted by atomic mass is 9.90. The van der Waals surface area contributed by atoms with Crippen molar-refractivity contribution < 1.29 is 4.79 Å². The average Bonchev–Trinajstić information content (AvgIpc) is 2.95. The lowest BCUT2D eigenvalue weighted by molar-refractivity contribution is 0.0771. The highest BCUT2D eigenvalue weighted by molar-refractivity contribution is 5.92. The summed E-state index contributed by atoms with van der Waals surface area (Å²) in [4.78, 5) is 14.0. The lowest BCUT2D eigenvalue weighted by Crippen LogP contribution is -2.34. The molecule has 0 spiro atoms. The van der Waals surface area contributed by atoms with Crippen LogP contribution in [0.25, 0.3) is 0 Å².